The predicted molar refractivity (Wildman–Crippen MR) is 93.4 cm³/mol. The third kappa shape index (κ3) is 5.23. The van der Waals surface area contributed by atoms with Crippen molar-refractivity contribution in [2.24, 2.45) is 0 Å². The average molecular weight is 334 g/mol. The van der Waals surface area contributed by atoms with E-state index in [1.165, 1.54) is 0 Å². The second-order valence-electron chi connectivity index (χ2n) is 5.12. The van der Waals surface area contributed by atoms with Gasteiger partial charge in [-0.3, -0.25) is 4.79 Å². The standard InChI is InChI=1S/C17H20ClN3O2/c1-12-4-5-14(18)11-15(12)21-17(22)13-6-8-20-16(10-13)19-7-3-9-23-2/h4-6,8,10-11H,3,7,9H2,1-2H3,(H,19,20)(H,21,22). The molecule has 0 spiro atoms. The molecule has 0 aliphatic carbocycles. The molecule has 0 bridgehead atoms. The Morgan fingerprint density at radius 3 is 2.91 bits per heavy atom. The van der Waals surface area contributed by atoms with Crippen molar-refractivity contribution in [3.05, 3.63) is 52.7 Å². The maximum atomic E-state index is 12.4. The topological polar surface area (TPSA) is 63.2 Å². The van der Waals surface area contributed by atoms with Crippen LogP contribution in [-0.4, -0.2) is 31.2 Å². The van der Waals surface area contributed by atoms with E-state index in [0.29, 0.717) is 28.7 Å². The average Bonchev–Trinajstić information content (AvgIpc) is 2.55. The summed E-state index contributed by atoms with van der Waals surface area (Å²) >= 11 is 5.97. The number of carbonyl (C=O) groups is 1. The zero-order valence-corrected chi connectivity index (χ0v) is 14.0. The van der Waals surface area contributed by atoms with Gasteiger partial charge in [-0.15, -0.1) is 0 Å². The molecule has 6 heteroatoms. The van der Waals surface area contributed by atoms with Crippen molar-refractivity contribution in [2.45, 2.75) is 13.3 Å². The monoisotopic (exact) mass is 333 g/mol. The van der Waals surface area contributed by atoms with Crippen LogP contribution in [0.3, 0.4) is 0 Å². The van der Waals surface area contributed by atoms with Gasteiger partial charge < -0.3 is 15.4 Å². The fraction of sp³-hybridized carbons (Fsp3) is 0.294. The van der Waals surface area contributed by atoms with Crippen LogP contribution in [-0.2, 0) is 4.74 Å². The van der Waals surface area contributed by atoms with E-state index in [4.69, 9.17) is 16.3 Å². The summed E-state index contributed by atoms with van der Waals surface area (Å²) < 4.78 is 4.99. The molecule has 0 aliphatic rings. The number of halogens is 1. The molecular formula is C17H20ClN3O2. The molecule has 2 rings (SSSR count). The Hall–Kier alpha value is -2.11. The molecule has 122 valence electrons. The van der Waals surface area contributed by atoms with Gasteiger partial charge in [0.1, 0.15) is 5.82 Å². The summed E-state index contributed by atoms with van der Waals surface area (Å²) in [5.74, 6) is 0.467. The van der Waals surface area contributed by atoms with E-state index < -0.39 is 0 Å². The van der Waals surface area contributed by atoms with Crippen LogP contribution >= 0.6 is 11.6 Å². The number of amides is 1. The quantitative estimate of drug-likeness (QED) is 0.758. The molecule has 0 saturated carbocycles. The first-order chi connectivity index (χ1) is 11.1. The van der Waals surface area contributed by atoms with Gasteiger partial charge >= 0.3 is 0 Å². The highest BCUT2D eigenvalue weighted by Crippen LogP contribution is 2.21. The molecule has 0 fully saturated rings. The minimum absolute atomic E-state index is 0.197. The van der Waals surface area contributed by atoms with Crippen LogP contribution in [0.25, 0.3) is 0 Å². The van der Waals surface area contributed by atoms with E-state index in [9.17, 15) is 4.79 Å². The number of nitrogens with zero attached hydrogens (tertiary/aromatic N) is 1. The van der Waals surface area contributed by atoms with Crippen LogP contribution < -0.4 is 10.6 Å². The summed E-state index contributed by atoms with van der Waals surface area (Å²) in [5.41, 5.74) is 2.19. The number of ether oxygens (including phenoxy) is 1. The summed E-state index contributed by atoms with van der Waals surface area (Å²) in [5, 5.41) is 6.62. The number of methoxy groups -OCH3 is 1. The number of carbonyl (C=O) groups excluding carboxylic acids is 1. The van der Waals surface area contributed by atoms with Crippen molar-refractivity contribution in [1.29, 1.82) is 0 Å². The normalized spacial score (nSPS) is 10.4. The lowest BCUT2D eigenvalue weighted by atomic mass is 10.2. The molecule has 23 heavy (non-hydrogen) atoms. The first kappa shape index (κ1) is 17.2. The van der Waals surface area contributed by atoms with Crippen molar-refractivity contribution in [1.82, 2.24) is 4.98 Å². The maximum Gasteiger partial charge on any atom is 0.255 e. The Morgan fingerprint density at radius 2 is 2.13 bits per heavy atom. The third-order valence-corrected chi connectivity index (χ3v) is 3.54. The molecule has 1 heterocycles. The summed E-state index contributed by atoms with van der Waals surface area (Å²) in [6.07, 6.45) is 2.48. The van der Waals surface area contributed by atoms with Gasteiger partial charge in [0.15, 0.2) is 0 Å². The van der Waals surface area contributed by atoms with E-state index in [2.05, 4.69) is 15.6 Å². The van der Waals surface area contributed by atoms with E-state index >= 15 is 0 Å². The van der Waals surface area contributed by atoms with E-state index in [0.717, 1.165) is 18.5 Å². The number of anilines is 2. The number of aryl methyl sites for hydroxylation is 1. The molecule has 0 radical (unpaired) electrons. The van der Waals surface area contributed by atoms with Crippen molar-refractivity contribution in [3.8, 4) is 0 Å². The summed E-state index contributed by atoms with van der Waals surface area (Å²) in [6, 6.07) is 8.80. The van der Waals surface area contributed by atoms with Crippen molar-refractivity contribution >= 4 is 29.0 Å². The van der Waals surface area contributed by atoms with Crippen LogP contribution in [0.15, 0.2) is 36.5 Å². The molecule has 5 nitrogen and oxygen atoms in total. The first-order valence-electron chi connectivity index (χ1n) is 7.36. The van der Waals surface area contributed by atoms with Gasteiger partial charge in [-0.05, 0) is 43.2 Å². The maximum absolute atomic E-state index is 12.4. The lowest BCUT2D eigenvalue weighted by molar-refractivity contribution is 0.102. The lowest BCUT2D eigenvalue weighted by Crippen LogP contribution is -2.14. The Kier molecular flexibility index (Phi) is 6.38. The van der Waals surface area contributed by atoms with Gasteiger partial charge in [-0.25, -0.2) is 4.98 Å². The van der Waals surface area contributed by atoms with Crippen LogP contribution in [0.4, 0.5) is 11.5 Å². The van der Waals surface area contributed by atoms with E-state index in [-0.39, 0.29) is 5.91 Å². The summed E-state index contributed by atoms with van der Waals surface area (Å²) in [7, 11) is 1.67. The van der Waals surface area contributed by atoms with Gasteiger partial charge in [-0.1, -0.05) is 17.7 Å². The fourth-order valence-corrected chi connectivity index (χ4v) is 2.20. The summed E-state index contributed by atoms with van der Waals surface area (Å²) in [4.78, 5) is 16.6. The van der Waals surface area contributed by atoms with Crippen molar-refractivity contribution in [2.75, 3.05) is 30.9 Å². The van der Waals surface area contributed by atoms with Gasteiger partial charge in [0.2, 0.25) is 0 Å². The second-order valence-corrected chi connectivity index (χ2v) is 5.55. The number of nitrogens with one attached hydrogen (secondary N) is 2. The number of hydrogen-bond acceptors (Lipinski definition) is 4. The molecule has 0 atom stereocenters. The predicted octanol–water partition coefficient (Wildman–Crippen LogP) is 3.74. The van der Waals surface area contributed by atoms with Gasteiger partial charge in [0, 0.05) is 42.7 Å². The minimum atomic E-state index is -0.197. The van der Waals surface area contributed by atoms with E-state index in [1.54, 1.807) is 37.6 Å². The number of benzene rings is 1. The first-order valence-corrected chi connectivity index (χ1v) is 7.74. The molecule has 1 aromatic carbocycles. The zero-order valence-electron chi connectivity index (χ0n) is 13.2. The number of rotatable bonds is 7. The number of hydrogen-bond donors (Lipinski definition) is 2. The summed E-state index contributed by atoms with van der Waals surface area (Å²) in [6.45, 7) is 3.34. The lowest BCUT2D eigenvalue weighted by Gasteiger charge is -2.10. The molecular weight excluding hydrogens is 314 g/mol. The Balaban J connectivity index is 2.03. The SMILES string of the molecule is COCCCNc1cc(C(=O)Nc2cc(Cl)ccc2C)ccn1. The van der Waals surface area contributed by atoms with E-state index in [1.807, 2.05) is 13.0 Å². The highest BCUT2D eigenvalue weighted by atomic mass is 35.5. The van der Waals surface area contributed by atoms with Gasteiger partial charge in [0.25, 0.3) is 5.91 Å². The number of pyridine rings is 1. The smallest absolute Gasteiger partial charge is 0.255 e. The molecule has 0 unspecified atom stereocenters. The highest BCUT2D eigenvalue weighted by Gasteiger charge is 2.09. The van der Waals surface area contributed by atoms with Crippen LogP contribution in [0.2, 0.25) is 5.02 Å². The molecule has 1 aromatic heterocycles. The fourth-order valence-electron chi connectivity index (χ4n) is 2.02. The Bertz CT molecular complexity index is 677. The number of aromatic nitrogens is 1. The molecule has 2 aromatic rings. The van der Waals surface area contributed by atoms with Crippen molar-refractivity contribution < 1.29 is 9.53 Å². The third-order valence-electron chi connectivity index (χ3n) is 3.30. The van der Waals surface area contributed by atoms with Crippen LogP contribution in [0, 0.1) is 6.92 Å². The van der Waals surface area contributed by atoms with Gasteiger partial charge in [0.05, 0.1) is 0 Å². The van der Waals surface area contributed by atoms with Gasteiger partial charge in [-0.2, -0.15) is 0 Å². The Labute approximate surface area is 141 Å². The largest absolute Gasteiger partial charge is 0.385 e. The molecule has 2 N–H and O–H groups in total. The molecule has 1 amide bonds. The second kappa shape index (κ2) is 8.50. The zero-order chi connectivity index (χ0) is 16.7. The van der Waals surface area contributed by atoms with Crippen molar-refractivity contribution in [3.63, 3.8) is 0 Å². The van der Waals surface area contributed by atoms with Crippen LogP contribution in [0.1, 0.15) is 22.3 Å². The minimum Gasteiger partial charge on any atom is -0.385 e. The molecule has 0 aliphatic heterocycles. The Morgan fingerprint density at radius 1 is 1.30 bits per heavy atom. The van der Waals surface area contributed by atoms with Crippen LogP contribution in [0.5, 0.6) is 0 Å². The highest BCUT2D eigenvalue weighted by molar-refractivity contribution is 6.31. The molecule has 0 saturated heterocycles.